The van der Waals surface area contributed by atoms with E-state index in [-0.39, 0.29) is 12.8 Å². The van der Waals surface area contributed by atoms with Crippen molar-refractivity contribution in [3.63, 3.8) is 0 Å². The van der Waals surface area contributed by atoms with E-state index in [9.17, 15) is 5.11 Å². The number of hydrogen-bond donors (Lipinski definition) is 3. The summed E-state index contributed by atoms with van der Waals surface area (Å²) in [5.41, 5.74) is 0.716. The van der Waals surface area contributed by atoms with Gasteiger partial charge in [0.1, 0.15) is 18.0 Å². The number of nitrogens with zero attached hydrogens (tertiary/aromatic N) is 3. The minimum Gasteiger partial charge on any atom is -0.394 e. The molecule has 0 saturated carbocycles. The first-order valence-corrected chi connectivity index (χ1v) is 5.96. The minimum atomic E-state index is -0.667. The van der Waals surface area contributed by atoms with Gasteiger partial charge in [0.05, 0.1) is 19.0 Å². The second kappa shape index (κ2) is 4.39. The molecule has 0 aromatic carbocycles. The van der Waals surface area contributed by atoms with Crippen LogP contribution in [-0.2, 0) is 4.74 Å². The maximum atomic E-state index is 9.68. The maximum absolute atomic E-state index is 9.68. The van der Waals surface area contributed by atoms with Gasteiger partial charge in [0, 0.05) is 12.6 Å². The molecule has 0 amide bonds. The fraction of sp³-hybridized carbons (Fsp3) is 0.500. The van der Waals surface area contributed by atoms with Crippen molar-refractivity contribution in [3.05, 3.63) is 17.3 Å². The van der Waals surface area contributed by atoms with Crippen LogP contribution >= 0.6 is 12.2 Å². The topological polar surface area (TPSA) is 96.2 Å². The van der Waals surface area contributed by atoms with Crippen LogP contribution in [0, 0.1) is 4.77 Å². The van der Waals surface area contributed by atoms with Crippen LogP contribution in [0.4, 0.5) is 0 Å². The lowest BCUT2D eigenvalue weighted by Crippen LogP contribution is -2.24. The van der Waals surface area contributed by atoms with Gasteiger partial charge >= 0.3 is 0 Å². The summed E-state index contributed by atoms with van der Waals surface area (Å²) in [6.45, 7) is -0.200. The van der Waals surface area contributed by atoms with Gasteiger partial charge in [-0.05, 0) is 12.2 Å². The molecule has 0 spiro atoms. The molecular formula is C10H12N4O3S. The van der Waals surface area contributed by atoms with Gasteiger partial charge in [-0.1, -0.05) is 0 Å². The van der Waals surface area contributed by atoms with Crippen molar-refractivity contribution in [2.24, 2.45) is 0 Å². The number of imidazole rings is 1. The molecule has 3 rings (SSSR count). The average molecular weight is 268 g/mol. The molecule has 0 aliphatic carbocycles. The third-order valence-corrected chi connectivity index (χ3v) is 3.19. The van der Waals surface area contributed by atoms with E-state index in [4.69, 9.17) is 22.1 Å². The zero-order chi connectivity index (χ0) is 12.7. The summed E-state index contributed by atoms with van der Waals surface area (Å²) in [6, 6.07) is 0. The summed E-state index contributed by atoms with van der Waals surface area (Å²) < 4.78 is 7.64. The summed E-state index contributed by atoms with van der Waals surface area (Å²) in [6.07, 6.45) is 2.22. The number of aliphatic hydroxyl groups excluding tert-OH is 2. The zero-order valence-electron chi connectivity index (χ0n) is 9.35. The Balaban J connectivity index is 1.91. The molecule has 0 radical (unpaired) electrons. The molecule has 8 heteroatoms. The molecule has 1 saturated heterocycles. The number of H-pyrrole nitrogens is 1. The second-order valence-electron chi connectivity index (χ2n) is 4.21. The van der Waals surface area contributed by atoms with Crippen molar-refractivity contribution in [1.82, 2.24) is 19.5 Å². The summed E-state index contributed by atoms with van der Waals surface area (Å²) in [7, 11) is 0. The van der Waals surface area contributed by atoms with Crippen LogP contribution in [0.15, 0.2) is 12.5 Å². The molecule has 3 atom stereocenters. The number of fused-ring (bicyclic) bond motifs is 1. The van der Waals surface area contributed by atoms with E-state index >= 15 is 0 Å². The van der Waals surface area contributed by atoms with Gasteiger partial charge in [-0.3, -0.25) is 0 Å². The minimum absolute atomic E-state index is 0.200. The van der Waals surface area contributed by atoms with Crippen molar-refractivity contribution in [1.29, 1.82) is 0 Å². The number of aromatic amines is 1. The van der Waals surface area contributed by atoms with Gasteiger partial charge in [-0.2, -0.15) is 4.98 Å². The lowest BCUT2D eigenvalue weighted by atomic mass is 10.2. The number of rotatable bonds is 2. The zero-order valence-corrected chi connectivity index (χ0v) is 10.2. The fourth-order valence-corrected chi connectivity index (χ4v) is 2.26. The smallest absolute Gasteiger partial charge is 0.199 e. The Bertz CT molecular complexity index is 583. The van der Waals surface area contributed by atoms with Gasteiger partial charge in [0.25, 0.3) is 0 Å². The van der Waals surface area contributed by atoms with Gasteiger partial charge in [0.15, 0.2) is 10.6 Å². The average Bonchev–Trinajstić information content (AvgIpc) is 2.89. The van der Waals surface area contributed by atoms with E-state index in [1.807, 2.05) is 0 Å². The maximum Gasteiger partial charge on any atom is 0.199 e. The molecule has 3 aliphatic rings. The van der Waals surface area contributed by atoms with Gasteiger partial charge in [-0.15, -0.1) is 0 Å². The van der Waals surface area contributed by atoms with Crippen LogP contribution in [0.1, 0.15) is 12.6 Å². The Hall–Kier alpha value is -1.35. The highest BCUT2D eigenvalue weighted by Crippen LogP contribution is 2.29. The van der Waals surface area contributed by atoms with Crippen LogP contribution in [-0.4, -0.2) is 48.5 Å². The van der Waals surface area contributed by atoms with Crippen LogP contribution in [0.5, 0.6) is 0 Å². The van der Waals surface area contributed by atoms with Crippen LogP contribution in [0.3, 0.4) is 0 Å². The molecule has 0 aromatic rings. The van der Waals surface area contributed by atoms with Crippen LogP contribution < -0.4 is 0 Å². The monoisotopic (exact) mass is 268 g/mol. The van der Waals surface area contributed by atoms with E-state index in [1.54, 1.807) is 17.1 Å². The quantitative estimate of drug-likeness (QED) is 0.668. The Labute approximate surface area is 107 Å². The first-order chi connectivity index (χ1) is 8.67. The largest absolute Gasteiger partial charge is 0.394 e. The Morgan fingerprint density at radius 2 is 2.44 bits per heavy atom. The molecule has 96 valence electrons. The molecule has 18 heavy (non-hydrogen) atoms. The van der Waals surface area contributed by atoms with E-state index in [0.29, 0.717) is 22.7 Å². The molecule has 0 bridgehead atoms. The van der Waals surface area contributed by atoms with E-state index in [0.717, 1.165) is 0 Å². The normalized spacial score (nSPS) is 28.0. The van der Waals surface area contributed by atoms with Crippen molar-refractivity contribution in [2.75, 3.05) is 6.61 Å². The van der Waals surface area contributed by atoms with E-state index in [1.165, 1.54) is 0 Å². The first kappa shape index (κ1) is 11.7. The van der Waals surface area contributed by atoms with Crippen molar-refractivity contribution in [2.45, 2.75) is 24.9 Å². The van der Waals surface area contributed by atoms with Crippen molar-refractivity contribution >= 4 is 12.2 Å². The van der Waals surface area contributed by atoms with E-state index < -0.39 is 12.2 Å². The molecule has 1 unspecified atom stereocenters. The molecule has 3 N–H and O–H groups in total. The Morgan fingerprint density at radius 3 is 3.17 bits per heavy atom. The molecule has 0 aromatic heterocycles. The van der Waals surface area contributed by atoms with Crippen molar-refractivity contribution in [3.8, 4) is 11.5 Å². The molecular weight excluding hydrogens is 256 g/mol. The highest BCUT2D eigenvalue weighted by Gasteiger charge is 2.34. The van der Waals surface area contributed by atoms with Crippen LogP contribution in [0.2, 0.25) is 0 Å². The third kappa shape index (κ3) is 1.93. The molecule has 3 heterocycles. The highest BCUT2D eigenvalue weighted by atomic mass is 32.1. The lowest BCUT2D eigenvalue weighted by molar-refractivity contribution is -0.0448. The number of ether oxygens (including phenoxy) is 1. The standard InChI is InChI=1S/C10H12N4O3S/c15-3-7-6(16)1-8(17-7)14-2-5-9(11-4-14)13-10(18)12-5/h2,4,6-8,15-16H,1,3H2,(H,12,18)/t6-,7+,8?/m0/s1. The third-order valence-electron chi connectivity index (χ3n) is 3.00. The number of nitrogens with one attached hydrogen (secondary N) is 1. The highest BCUT2D eigenvalue weighted by molar-refractivity contribution is 7.71. The predicted octanol–water partition coefficient (Wildman–Crippen LogP) is 0.0812. The summed E-state index contributed by atoms with van der Waals surface area (Å²) in [4.78, 5) is 11.1. The van der Waals surface area contributed by atoms with Gasteiger partial charge in [-0.25, -0.2) is 4.98 Å². The molecule has 3 aliphatic heterocycles. The lowest BCUT2D eigenvalue weighted by Gasteiger charge is -2.15. The van der Waals surface area contributed by atoms with Crippen LogP contribution in [0.25, 0.3) is 11.5 Å². The molecule has 1 fully saturated rings. The SMILES string of the molecule is OC[C@H]1OC(n2cnc3nc(=S)[nH]c-3c2)C[C@@H]1O. The predicted molar refractivity (Wildman–Crippen MR) is 63.4 cm³/mol. The Kier molecular flexibility index (Phi) is 2.86. The number of aromatic nitrogens is 4. The Morgan fingerprint density at radius 1 is 1.61 bits per heavy atom. The first-order valence-electron chi connectivity index (χ1n) is 5.55. The van der Waals surface area contributed by atoms with Gasteiger partial charge < -0.3 is 24.5 Å². The second-order valence-corrected chi connectivity index (χ2v) is 4.60. The van der Waals surface area contributed by atoms with Crippen molar-refractivity contribution < 1.29 is 14.9 Å². The summed E-state index contributed by atoms with van der Waals surface area (Å²) in [5.74, 6) is 0.550. The number of hydrogen-bond acceptors (Lipinski definition) is 6. The summed E-state index contributed by atoms with van der Waals surface area (Å²) in [5, 5.41) is 18.7. The number of aliphatic hydroxyl groups is 2. The van der Waals surface area contributed by atoms with Gasteiger partial charge in [0.2, 0.25) is 0 Å². The molecule has 7 nitrogen and oxygen atoms in total. The summed E-state index contributed by atoms with van der Waals surface area (Å²) >= 11 is 4.93. The van der Waals surface area contributed by atoms with E-state index in [2.05, 4.69) is 15.0 Å². The fourth-order valence-electron chi connectivity index (χ4n) is 2.07.